The van der Waals surface area contributed by atoms with Crippen molar-refractivity contribution < 1.29 is 12.8 Å². The molecule has 0 saturated carbocycles. The summed E-state index contributed by atoms with van der Waals surface area (Å²) in [6.45, 7) is 1.09. The summed E-state index contributed by atoms with van der Waals surface area (Å²) in [6.07, 6.45) is 1.64. The molecule has 1 fully saturated rings. The van der Waals surface area contributed by atoms with Crippen LogP contribution in [0.15, 0.2) is 23.1 Å². The molecule has 0 spiro atoms. The predicted molar refractivity (Wildman–Crippen MR) is 70.3 cm³/mol. The molecule has 1 aromatic rings. The summed E-state index contributed by atoms with van der Waals surface area (Å²) in [4.78, 5) is -0.285. The largest absolute Gasteiger partial charge is 0.320 e. The van der Waals surface area contributed by atoms with E-state index < -0.39 is 15.8 Å². The Kier molecular flexibility index (Phi) is 4.20. The van der Waals surface area contributed by atoms with Crippen molar-refractivity contribution in [3.8, 4) is 11.8 Å². The second-order valence-electron chi connectivity index (χ2n) is 4.26. The van der Waals surface area contributed by atoms with Crippen LogP contribution in [0.1, 0.15) is 18.4 Å². The van der Waals surface area contributed by atoms with Crippen molar-refractivity contribution >= 4 is 10.0 Å². The van der Waals surface area contributed by atoms with E-state index in [9.17, 15) is 12.8 Å². The van der Waals surface area contributed by atoms with Crippen LogP contribution in [0.25, 0.3) is 0 Å². The fourth-order valence-electron chi connectivity index (χ4n) is 2.01. The molecular formula is C13H15FN2O2S. The molecule has 102 valence electrons. The molecule has 4 nitrogen and oxygen atoms in total. The molecule has 1 aliphatic rings. The van der Waals surface area contributed by atoms with Gasteiger partial charge in [0, 0.05) is 18.7 Å². The van der Waals surface area contributed by atoms with Gasteiger partial charge < -0.3 is 5.73 Å². The maximum atomic E-state index is 13.9. The van der Waals surface area contributed by atoms with Gasteiger partial charge in [-0.05, 0) is 31.0 Å². The summed E-state index contributed by atoms with van der Waals surface area (Å²) in [7, 11) is -3.72. The summed E-state index contributed by atoms with van der Waals surface area (Å²) in [5.74, 6) is 4.50. The van der Waals surface area contributed by atoms with Crippen molar-refractivity contribution in [1.29, 1.82) is 0 Å². The summed E-state index contributed by atoms with van der Waals surface area (Å²) in [5, 5.41) is 0. The Hall–Kier alpha value is -1.42. The van der Waals surface area contributed by atoms with Crippen molar-refractivity contribution in [1.82, 2.24) is 4.31 Å². The van der Waals surface area contributed by atoms with Crippen molar-refractivity contribution in [2.45, 2.75) is 17.7 Å². The molecule has 1 aliphatic heterocycles. The molecular weight excluding hydrogens is 267 g/mol. The molecule has 19 heavy (non-hydrogen) atoms. The van der Waals surface area contributed by atoms with Gasteiger partial charge in [0.25, 0.3) is 0 Å². The quantitative estimate of drug-likeness (QED) is 0.820. The predicted octanol–water partition coefficient (Wildman–Crippen LogP) is 0.920. The van der Waals surface area contributed by atoms with Crippen LogP contribution in [0.2, 0.25) is 0 Å². The highest BCUT2D eigenvalue weighted by Crippen LogP contribution is 2.23. The Labute approximate surface area is 112 Å². The molecule has 0 aromatic heterocycles. The van der Waals surface area contributed by atoms with Gasteiger partial charge in [0.2, 0.25) is 10.0 Å². The molecule has 0 atom stereocenters. The Morgan fingerprint density at radius 2 is 2.00 bits per heavy atom. The topological polar surface area (TPSA) is 63.4 Å². The second kappa shape index (κ2) is 5.70. The lowest BCUT2D eigenvalue weighted by molar-refractivity contribution is 0.469. The normalized spacial score (nSPS) is 16.1. The van der Waals surface area contributed by atoms with E-state index in [2.05, 4.69) is 11.8 Å². The van der Waals surface area contributed by atoms with Gasteiger partial charge in [-0.3, -0.25) is 0 Å². The van der Waals surface area contributed by atoms with Crippen LogP contribution in [0.5, 0.6) is 0 Å². The van der Waals surface area contributed by atoms with Crippen molar-refractivity contribution in [3.05, 3.63) is 29.6 Å². The number of nitrogens with two attached hydrogens (primary N) is 1. The first-order valence-electron chi connectivity index (χ1n) is 6.04. The molecule has 0 amide bonds. The summed E-state index contributed by atoms with van der Waals surface area (Å²) in [5.41, 5.74) is 5.65. The van der Waals surface area contributed by atoms with E-state index >= 15 is 0 Å². The van der Waals surface area contributed by atoms with Gasteiger partial charge in [-0.25, -0.2) is 12.8 Å². The van der Waals surface area contributed by atoms with E-state index in [4.69, 9.17) is 5.73 Å². The zero-order valence-electron chi connectivity index (χ0n) is 10.4. The molecule has 2 rings (SSSR count). The van der Waals surface area contributed by atoms with Gasteiger partial charge in [-0.2, -0.15) is 4.31 Å². The molecule has 1 heterocycles. The maximum absolute atomic E-state index is 13.9. The number of hydrogen-bond acceptors (Lipinski definition) is 3. The fourth-order valence-corrected chi connectivity index (χ4v) is 3.57. The lowest BCUT2D eigenvalue weighted by Crippen LogP contribution is -2.28. The first-order valence-corrected chi connectivity index (χ1v) is 7.48. The van der Waals surface area contributed by atoms with Gasteiger partial charge >= 0.3 is 0 Å². The van der Waals surface area contributed by atoms with Crippen molar-refractivity contribution in [3.63, 3.8) is 0 Å². The molecule has 6 heteroatoms. The molecule has 0 radical (unpaired) electrons. The Balaban J connectivity index is 2.35. The van der Waals surface area contributed by atoms with E-state index in [0.29, 0.717) is 18.7 Å². The van der Waals surface area contributed by atoms with Gasteiger partial charge in [0.15, 0.2) is 0 Å². The first kappa shape index (κ1) is 14.0. The highest BCUT2D eigenvalue weighted by molar-refractivity contribution is 7.89. The average Bonchev–Trinajstić information content (AvgIpc) is 2.90. The number of sulfonamides is 1. The summed E-state index contributed by atoms with van der Waals surface area (Å²) in [6, 6.07) is 3.89. The number of benzene rings is 1. The smallest absolute Gasteiger partial charge is 0.245 e. The van der Waals surface area contributed by atoms with Gasteiger partial charge in [-0.1, -0.05) is 11.8 Å². The third-order valence-corrected chi connectivity index (χ3v) is 4.88. The van der Waals surface area contributed by atoms with Crippen LogP contribution in [0, 0.1) is 17.7 Å². The lowest BCUT2D eigenvalue weighted by atomic mass is 10.2. The van der Waals surface area contributed by atoms with E-state index in [0.717, 1.165) is 18.9 Å². The maximum Gasteiger partial charge on any atom is 0.245 e. The Morgan fingerprint density at radius 1 is 1.32 bits per heavy atom. The lowest BCUT2D eigenvalue weighted by Gasteiger charge is -2.15. The monoisotopic (exact) mass is 282 g/mol. The minimum atomic E-state index is -3.72. The average molecular weight is 282 g/mol. The third-order valence-electron chi connectivity index (χ3n) is 2.95. The van der Waals surface area contributed by atoms with Crippen molar-refractivity contribution in [2.75, 3.05) is 19.6 Å². The SMILES string of the molecule is NCC#Cc1ccc(S(=O)(=O)N2CCCC2)c(F)c1. The summed E-state index contributed by atoms with van der Waals surface area (Å²) < 4.78 is 39.7. The zero-order valence-corrected chi connectivity index (χ0v) is 11.2. The molecule has 1 saturated heterocycles. The Bertz CT molecular complexity index is 626. The Morgan fingerprint density at radius 3 is 2.58 bits per heavy atom. The molecule has 0 unspecified atom stereocenters. The van der Waals surface area contributed by atoms with E-state index in [1.807, 2.05) is 0 Å². The van der Waals surface area contributed by atoms with Crippen LogP contribution in [0.3, 0.4) is 0 Å². The van der Waals surface area contributed by atoms with Crippen LogP contribution in [-0.4, -0.2) is 32.4 Å². The zero-order chi connectivity index (χ0) is 13.9. The second-order valence-corrected chi connectivity index (χ2v) is 6.17. The van der Waals surface area contributed by atoms with Crippen LogP contribution >= 0.6 is 0 Å². The van der Waals surface area contributed by atoms with Crippen LogP contribution < -0.4 is 5.73 Å². The van der Waals surface area contributed by atoms with Crippen molar-refractivity contribution in [2.24, 2.45) is 5.73 Å². The standard InChI is InChI=1S/C13H15FN2O2S/c14-12-10-11(4-3-7-15)5-6-13(12)19(17,18)16-8-1-2-9-16/h5-6,10H,1-2,7-9,15H2. The van der Waals surface area contributed by atoms with Crippen LogP contribution in [-0.2, 0) is 10.0 Å². The fraction of sp³-hybridized carbons (Fsp3) is 0.385. The molecule has 0 aliphatic carbocycles. The minimum absolute atomic E-state index is 0.176. The highest BCUT2D eigenvalue weighted by atomic mass is 32.2. The minimum Gasteiger partial charge on any atom is -0.320 e. The number of rotatable bonds is 2. The van der Waals surface area contributed by atoms with Gasteiger partial charge in [-0.15, -0.1) is 0 Å². The molecule has 2 N–H and O–H groups in total. The highest BCUT2D eigenvalue weighted by Gasteiger charge is 2.29. The first-order chi connectivity index (χ1) is 9.05. The molecule has 1 aromatic carbocycles. The van der Waals surface area contributed by atoms with E-state index in [1.54, 1.807) is 0 Å². The van der Waals surface area contributed by atoms with Crippen LogP contribution in [0.4, 0.5) is 4.39 Å². The van der Waals surface area contributed by atoms with E-state index in [1.165, 1.54) is 16.4 Å². The van der Waals surface area contributed by atoms with Gasteiger partial charge in [0.1, 0.15) is 10.7 Å². The summed E-state index contributed by atoms with van der Waals surface area (Å²) >= 11 is 0. The van der Waals surface area contributed by atoms with E-state index in [-0.39, 0.29) is 11.4 Å². The third kappa shape index (κ3) is 2.95. The number of hydrogen-bond donors (Lipinski definition) is 1. The molecule has 0 bridgehead atoms. The number of nitrogens with zero attached hydrogens (tertiary/aromatic N) is 1. The number of halogens is 1. The van der Waals surface area contributed by atoms with Gasteiger partial charge in [0.05, 0.1) is 6.54 Å².